The molecule has 3 aromatic rings. The van der Waals surface area contributed by atoms with E-state index in [-0.39, 0.29) is 6.61 Å². The first-order valence-electron chi connectivity index (χ1n) is 7.35. The van der Waals surface area contributed by atoms with Gasteiger partial charge in [0.05, 0.1) is 42.3 Å². The van der Waals surface area contributed by atoms with Gasteiger partial charge in [0.25, 0.3) is 0 Å². The lowest BCUT2D eigenvalue weighted by molar-refractivity contribution is 0.0601. The Morgan fingerprint density at radius 3 is 2.91 bits per heavy atom. The molecule has 1 N–H and O–H groups in total. The maximum atomic E-state index is 11.7. The number of methoxy groups -OCH3 is 1. The molecule has 0 radical (unpaired) electrons. The molecule has 0 unspecified atom stereocenters. The highest BCUT2D eigenvalue weighted by Crippen LogP contribution is 2.20. The van der Waals surface area contributed by atoms with E-state index in [1.807, 2.05) is 16.1 Å². The fraction of sp³-hybridized carbons (Fsp3) is 0.312. The summed E-state index contributed by atoms with van der Waals surface area (Å²) < 4.78 is 8.69. The number of nitrogens with zero attached hydrogens (tertiary/aromatic N) is 4. The zero-order valence-electron chi connectivity index (χ0n) is 13.1. The van der Waals surface area contributed by atoms with Crippen molar-refractivity contribution in [3.05, 3.63) is 47.8 Å². The number of benzene rings is 1. The first kappa shape index (κ1) is 15.2. The fourth-order valence-corrected chi connectivity index (χ4v) is 2.64. The van der Waals surface area contributed by atoms with E-state index in [0.717, 1.165) is 23.3 Å². The van der Waals surface area contributed by atoms with Crippen LogP contribution in [0.15, 0.2) is 30.7 Å². The van der Waals surface area contributed by atoms with Gasteiger partial charge >= 0.3 is 5.97 Å². The van der Waals surface area contributed by atoms with Crippen molar-refractivity contribution >= 4 is 17.0 Å². The molecular weight excluding hydrogens is 296 g/mol. The van der Waals surface area contributed by atoms with E-state index in [4.69, 9.17) is 4.74 Å². The standard InChI is InChI=1S/C16H18N4O3/c1-3-19-10-17-7-12(19)8-20-14-6-11(16(22)23-2)4-5-13(14)18-15(20)9-21/h4-7,10,21H,3,8-9H2,1-2H3. The van der Waals surface area contributed by atoms with Crippen LogP contribution in [0.4, 0.5) is 0 Å². The minimum absolute atomic E-state index is 0.178. The average Bonchev–Trinajstić information content (AvgIpc) is 3.18. The van der Waals surface area contributed by atoms with Gasteiger partial charge in [0.2, 0.25) is 0 Å². The summed E-state index contributed by atoms with van der Waals surface area (Å²) in [5, 5.41) is 9.60. The Hall–Kier alpha value is -2.67. The van der Waals surface area contributed by atoms with Gasteiger partial charge in [-0.05, 0) is 25.1 Å². The Bertz CT molecular complexity index is 850. The van der Waals surface area contributed by atoms with E-state index >= 15 is 0 Å². The molecule has 0 spiro atoms. The number of aromatic nitrogens is 4. The van der Waals surface area contributed by atoms with Crippen LogP contribution in [-0.4, -0.2) is 37.3 Å². The number of aryl methyl sites for hydroxylation is 1. The van der Waals surface area contributed by atoms with Gasteiger partial charge < -0.3 is 19.0 Å². The van der Waals surface area contributed by atoms with Crippen LogP contribution in [0.1, 0.15) is 28.8 Å². The van der Waals surface area contributed by atoms with Gasteiger partial charge in [-0.3, -0.25) is 0 Å². The van der Waals surface area contributed by atoms with Crippen LogP contribution >= 0.6 is 0 Å². The maximum absolute atomic E-state index is 11.7. The number of esters is 1. The smallest absolute Gasteiger partial charge is 0.337 e. The average molecular weight is 314 g/mol. The highest BCUT2D eigenvalue weighted by atomic mass is 16.5. The second-order valence-corrected chi connectivity index (χ2v) is 5.14. The number of rotatable bonds is 5. The van der Waals surface area contributed by atoms with Gasteiger partial charge in [-0.1, -0.05) is 0 Å². The summed E-state index contributed by atoms with van der Waals surface area (Å²) in [4.78, 5) is 20.3. The zero-order valence-corrected chi connectivity index (χ0v) is 13.1. The van der Waals surface area contributed by atoms with E-state index in [2.05, 4.69) is 9.97 Å². The topological polar surface area (TPSA) is 82.2 Å². The molecule has 0 aliphatic rings. The van der Waals surface area contributed by atoms with Crippen molar-refractivity contribution in [1.82, 2.24) is 19.1 Å². The predicted molar refractivity (Wildman–Crippen MR) is 84.0 cm³/mol. The molecule has 0 fully saturated rings. The van der Waals surface area contributed by atoms with Gasteiger partial charge in [-0.2, -0.15) is 0 Å². The van der Waals surface area contributed by atoms with Crippen molar-refractivity contribution in [3.8, 4) is 0 Å². The van der Waals surface area contributed by atoms with Crippen LogP contribution in [0.3, 0.4) is 0 Å². The quantitative estimate of drug-likeness (QED) is 0.723. The Labute approximate surface area is 133 Å². The molecule has 0 aliphatic heterocycles. The van der Waals surface area contributed by atoms with Gasteiger partial charge in [0, 0.05) is 12.7 Å². The molecule has 2 heterocycles. The first-order chi connectivity index (χ1) is 11.2. The molecular formula is C16H18N4O3. The van der Waals surface area contributed by atoms with Crippen molar-refractivity contribution < 1.29 is 14.6 Å². The summed E-state index contributed by atoms with van der Waals surface area (Å²) >= 11 is 0. The number of carbonyl (C=O) groups excluding carboxylic acids is 1. The van der Waals surface area contributed by atoms with Crippen molar-refractivity contribution in [2.24, 2.45) is 0 Å². The van der Waals surface area contributed by atoms with Gasteiger partial charge in [0.15, 0.2) is 0 Å². The molecule has 0 saturated heterocycles. The van der Waals surface area contributed by atoms with Crippen LogP contribution in [0.2, 0.25) is 0 Å². The van der Waals surface area contributed by atoms with Crippen molar-refractivity contribution in [1.29, 1.82) is 0 Å². The maximum Gasteiger partial charge on any atom is 0.337 e. The van der Waals surface area contributed by atoms with Crippen LogP contribution in [0.25, 0.3) is 11.0 Å². The third kappa shape index (κ3) is 2.70. The Kier molecular flexibility index (Phi) is 4.12. The highest BCUT2D eigenvalue weighted by Gasteiger charge is 2.15. The highest BCUT2D eigenvalue weighted by molar-refractivity contribution is 5.93. The fourth-order valence-electron chi connectivity index (χ4n) is 2.64. The minimum Gasteiger partial charge on any atom is -0.465 e. The van der Waals surface area contributed by atoms with Gasteiger partial charge in [0.1, 0.15) is 12.4 Å². The molecule has 0 bridgehead atoms. The molecule has 120 valence electrons. The van der Waals surface area contributed by atoms with E-state index in [1.165, 1.54) is 7.11 Å². The Balaban J connectivity index is 2.11. The summed E-state index contributed by atoms with van der Waals surface area (Å²) in [7, 11) is 1.35. The van der Waals surface area contributed by atoms with Crippen LogP contribution in [0, 0.1) is 0 Å². The lowest BCUT2D eigenvalue weighted by atomic mass is 10.2. The van der Waals surface area contributed by atoms with E-state index in [1.54, 1.807) is 30.7 Å². The molecule has 1 aromatic carbocycles. The lowest BCUT2D eigenvalue weighted by Crippen LogP contribution is -2.09. The Morgan fingerprint density at radius 2 is 2.22 bits per heavy atom. The Morgan fingerprint density at radius 1 is 1.39 bits per heavy atom. The van der Waals surface area contributed by atoms with Crippen molar-refractivity contribution in [2.45, 2.75) is 26.6 Å². The number of carbonyl (C=O) groups is 1. The number of imidazole rings is 2. The third-order valence-electron chi connectivity index (χ3n) is 3.85. The van der Waals surface area contributed by atoms with Crippen LogP contribution in [-0.2, 0) is 24.4 Å². The predicted octanol–water partition coefficient (Wildman–Crippen LogP) is 1.58. The lowest BCUT2D eigenvalue weighted by Gasteiger charge is -2.10. The second kappa shape index (κ2) is 6.21. The van der Waals surface area contributed by atoms with Gasteiger partial charge in [-0.25, -0.2) is 14.8 Å². The normalized spacial score (nSPS) is 11.1. The molecule has 0 aliphatic carbocycles. The van der Waals surface area contributed by atoms with Crippen molar-refractivity contribution in [3.63, 3.8) is 0 Å². The third-order valence-corrected chi connectivity index (χ3v) is 3.85. The molecule has 2 aromatic heterocycles. The molecule has 23 heavy (non-hydrogen) atoms. The number of hydrogen-bond acceptors (Lipinski definition) is 5. The number of ether oxygens (including phenoxy) is 1. The number of fused-ring (bicyclic) bond motifs is 1. The van der Waals surface area contributed by atoms with Crippen LogP contribution < -0.4 is 0 Å². The van der Waals surface area contributed by atoms with E-state index in [0.29, 0.717) is 17.9 Å². The second-order valence-electron chi connectivity index (χ2n) is 5.14. The summed E-state index contributed by atoms with van der Waals surface area (Å²) in [6, 6.07) is 5.16. The number of hydrogen-bond donors (Lipinski definition) is 1. The minimum atomic E-state index is -0.399. The molecule has 7 nitrogen and oxygen atoms in total. The zero-order chi connectivity index (χ0) is 16.4. The largest absolute Gasteiger partial charge is 0.465 e. The van der Waals surface area contributed by atoms with Gasteiger partial charge in [-0.15, -0.1) is 0 Å². The molecule has 7 heteroatoms. The SMILES string of the molecule is CCn1cncc1Cn1c(CO)nc2ccc(C(=O)OC)cc21. The number of aliphatic hydroxyl groups is 1. The molecule has 0 atom stereocenters. The van der Waals surface area contributed by atoms with Crippen LogP contribution in [0.5, 0.6) is 0 Å². The summed E-state index contributed by atoms with van der Waals surface area (Å²) in [5.41, 5.74) is 2.96. The number of aliphatic hydroxyl groups excluding tert-OH is 1. The molecule has 0 saturated carbocycles. The molecule has 3 rings (SSSR count). The van der Waals surface area contributed by atoms with Crippen molar-refractivity contribution in [2.75, 3.05) is 7.11 Å². The summed E-state index contributed by atoms with van der Waals surface area (Å²) in [6.07, 6.45) is 3.56. The molecule has 0 amide bonds. The van der Waals surface area contributed by atoms with E-state index in [9.17, 15) is 9.90 Å². The summed E-state index contributed by atoms with van der Waals surface area (Å²) in [5.74, 6) is 0.148. The first-order valence-corrected chi connectivity index (χ1v) is 7.35. The summed E-state index contributed by atoms with van der Waals surface area (Å²) in [6.45, 7) is 3.19. The monoisotopic (exact) mass is 314 g/mol. The van der Waals surface area contributed by atoms with E-state index < -0.39 is 5.97 Å².